The molecule has 0 heterocycles. The zero-order valence-corrected chi connectivity index (χ0v) is 11.2. The second-order valence-corrected chi connectivity index (χ2v) is 6.33. The zero-order chi connectivity index (χ0) is 12.4. The highest BCUT2D eigenvalue weighted by molar-refractivity contribution is 7.60. The molecule has 0 fully saturated rings. The van der Waals surface area contributed by atoms with Crippen LogP contribution in [-0.2, 0) is 18.4 Å². The maximum atomic E-state index is 12.4. The molecule has 0 aliphatic heterocycles. The number of allylic oxidation sites excluding steroid dienone is 2. The monoisotopic (exact) mass is 246 g/mol. The van der Waals surface area contributed by atoms with E-state index in [1.807, 2.05) is 13.8 Å². The topological polar surface area (TPSA) is 52.6 Å². The molecule has 0 saturated heterocycles. The summed E-state index contributed by atoms with van der Waals surface area (Å²) in [5.74, 6) is -0.127. The molecule has 0 unspecified atom stereocenters. The number of hydrogen-bond acceptors (Lipinski definition) is 4. The van der Waals surface area contributed by atoms with Gasteiger partial charge in [0, 0.05) is 5.41 Å². The van der Waals surface area contributed by atoms with Gasteiger partial charge >= 0.3 is 7.60 Å². The summed E-state index contributed by atoms with van der Waals surface area (Å²) in [6.07, 6.45) is 2.28. The molecule has 4 nitrogen and oxygen atoms in total. The van der Waals surface area contributed by atoms with E-state index in [-0.39, 0.29) is 24.3 Å². The van der Waals surface area contributed by atoms with Crippen molar-refractivity contribution in [1.29, 1.82) is 0 Å². The smallest absolute Gasteiger partial charge is 0.305 e. The van der Waals surface area contributed by atoms with Gasteiger partial charge in [-0.05, 0) is 20.3 Å². The standard InChI is InChI=1S/C11H19O4P/c1-5-14-16(13,15-6-2)9-7-8-11(3,4)10(9)12/h7H,5-6,8H2,1-4H3. The molecular weight excluding hydrogens is 227 g/mol. The van der Waals surface area contributed by atoms with Crippen LogP contribution in [0.2, 0.25) is 0 Å². The van der Waals surface area contributed by atoms with Gasteiger partial charge in [0.2, 0.25) is 0 Å². The Morgan fingerprint density at radius 2 is 1.81 bits per heavy atom. The van der Waals surface area contributed by atoms with Crippen molar-refractivity contribution in [3.05, 3.63) is 11.4 Å². The van der Waals surface area contributed by atoms with E-state index in [1.165, 1.54) is 0 Å². The predicted molar refractivity (Wildman–Crippen MR) is 62.3 cm³/mol. The SMILES string of the molecule is CCOP(=O)(OCC)C1=CCC(C)(C)C1=O. The maximum absolute atomic E-state index is 12.4. The molecule has 0 spiro atoms. The Morgan fingerprint density at radius 1 is 1.31 bits per heavy atom. The number of carbonyl (C=O) groups excluding carboxylic acids is 1. The van der Waals surface area contributed by atoms with Crippen LogP contribution in [0.25, 0.3) is 0 Å². The zero-order valence-electron chi connectivity index (χ0n) is 10.3. The Kier molecular flexibility index (Phi) is 4.11. The van der Waals surface area contributed by atoms with E-state index in [4.69, 9.17) is 9.05 Å². The van der Waals surface area contributed by atoms with Crippen molar-refractivity contribution in [2.75, 3.05) is 13.2 Å². The second kappa shape index (κ2) is 4.82. The molecule has 92 valence electrons. The molecule has 0 saturated carbocycles. The van der Waals surface area contributed by atoms with Gasteiger partial charge in [-0.2, -0.15) is 0 Å². The van der Waals surface area contributed by atoms with Crippen LogP contribution in [0.1, 0.15) is 34.1 Å². The second-order valence-electron chi connectivity index (χ2n) is 4.34. The molecule has 0 aromatic heterocycles. The van der Waals surface area contributed by atoms with Gasteiger partial charge in [-0.15, -0.1) is 0 Å². The Labute approximate surface area is 96.5 Å². The van der Waals surface area contributed by atoms with Crippen molar-refractivity contribution in [1.82, 2.24) is 0 Å². The van der Waals surface area contributed by atoms with Crippen molar-refractivity contribution in [2.24, 2.45) is 5.41 Å². The van der Waals surface area contributed by atoms with Gasteiger partial charge in [0.25, 0.3) is 0 Å². The quantitative estimate of drug-likeness (QED) is 0.699. The summed E-state index contributed by atoms with van der Waals surface area (Å²) >= 11 is 0. The van der Waals surface area contributed by atoms with Gasteiger partial charge in [-0.3, -0.25) is 9.36 Å². The fourth-order valence-electron chi connectivity index (χ4n) is 1.64. The lowest BCUT2D eigenvalue weighted by Crippen LogP contribution is -2.20. The largest absolute Gasteiger partial charge is 0.364 e. The van der Waals surface area contributed by atoms with E-state index in [0.29, 0.717) is 6.42 Å². The molecule has 1 rings (SSSR count). The molecule has 0 amide bonds. The molecule has 0 atom stereocenters. The highest BCUT2D eigenvalue weighted by atomic mass is 31.2. The van der Waals surface area contributed by atoms with E-state index >= 15 is 0 Å². The van der Waals surface area contributed by atoms with Crippen molar-refractivity contribution < 1.29 is 18.4 Å². The highest BCUT2D eigenvalue weighted by Gasteiger charge is 2.44. The fraction of sp³-hybridized carbons (Fsp3) is 0.727. The van der Waals surface area contributed by atoms with Crippen LogP contribution in [0.3, 0.4) is 0 Å². The molecule has 0 N–H and O–H groups in total. The summed E-state index contributed by atoms with van der Waals surface area (Å²) in [6.45, 7) is 7.67. The first-order valence-electron chi connectivity index (χ1n) is 5.52. The van der Waals surface area contributed by atoms with Gasteiger partial charge in [0.15, 0.2) is 5.78 Å². The predicted octanol–water partition coefficient (Wildman–Crippen LogP) is 3.14. The minimum Gasteiger partial charge on any atom is -0.305 e. The van der Waals surface area contributed by atoms with Gasteiger partial charge in [0.05, 0.1) is 13.2 Å². The summed E-state index contributed by atoms with van der Waals surface area (Å²) in [6, 6.07) is 0. The maximum Gasteiger partial charge on any atom is 0.364 e. The lowest BCUT2D eigenvalue weighted by Gasteiger charge is -2.20. The molecule has 16 heavy (non-hydrogen) atoms. The lowest BCUT2D eigenvalue weighted by molar-refractivity contribution is -0.121. The van der Waals surface area contributed by atoms with E-state index in [1.54, 1.807) is 19.9 Å². The van der Waals surface area contributed by atoms with E-state index < -0.39 is 13.0 Å². The number of rotatable bonds is 5. The number of ketones is 1. The van der Waals surface area contributed by atoms with Gasteiger partial charge in [-0.25, -0.2) is 0 Å². The minimum atomic E-state index is -3.39. The fourth-order valence-corrected chi connectivity index (χ4v) is 3.54. The van der Waals surface area contributed by atoms with Crippen LogP contribution in [-0.4, -0.2) is 19.0 Å². The number of hydrogen-bond donors (Lipinski definition) is 0. The van der Waals surface area contributed by atoms with E-state index in [9.17, 15) is 9.36 Å². The number of Topliss-reactive ketones (excluding diaryl/α,β-unsaturated/α-hetero) is 1. The Hall–Kier alpha value is -0.440. The molecule has 0 aromatic carbocycles. The molecule has 0 aromatic rings. The van der Waals surface area contributed by atoms with Gasteiger partial charge < -0.3 is 9.05 Å². The Bertz CT molecular complexity index is 347. The van der Waals surface area contributed by atoms with Gasteiger partial charge in [-0.1, -0.05) is 19.9 Å². The summed E-state index contributed by atoms with van der Waals surface area (Å²) in [5, 5.41) is 0.223. The summed E-state index contributed by atoms with van der Waals surface area (Å²) in [5.41, 5.74) is -0.487. The van der Waals surface area contributed by atoms with Gasteiger partial charge in [0.1, 0.15) is 5.31 Å². The van der Waals surface area contributed by atoms with Crippen molar-refractivity contribution in [2.45, 2.75) is 34.1 Å². The van der Waals surface area contributed by atoms with E-state index in [0.717, 1.165) is 0 Å². The van der Waals surface area contributed by atoms with Crippen molar-refractivity contribution in [3.8, 4) is 0 Å². The van der Waals surface area contributed by atoms with Crippen LogP contribution in [0.15, 0.2) is 11.4 Å². The molecule has 0 bridgehead atoms. The van der Waals surface area contributed by atoms with Crippen LogP contribution in [0.4, 0.5) is 0 Å². The van der Waals surface area contributed by atoms with Crippen LogP contribution in [0.5, 0.6) is 0 Å². The van der Waals surface area contributed by atoms with Crippen molar-refractivity contribution >= 4 is 13.4 Å². The first-order valence-corrected chi connectivity index (χ1v) is 7.06. The molecule has 1 aliphatic carbocycles. The van der Waals surface area contributed by atoms with Crippen LogP contribution < -0.4 is 0 Å². The summed E-state index contributed by atoms with van der Waals surface area (Å²) in [4.78, 5) is 12.0. The average Bonchev–Trinajstić information content (AvgIpc) is 2.43. The van der Waals surface area contributed by atoms with Crippen LogP contribution in [0, 0.1) is 5.41 Å². The highest BCUT2D eigenvalue weighted by Crippen LogP contribution is 2.60. The summed E-state index contributed by atoms with van der Waals surface area (Å²) < 4.78 is 22.7. The Balaban J connectivity index is 2.99. The van der Waals surface area contributed by atoms with Crippen LogP contribution >= 0.6 is 7.60 Å². The number of carbonyl (C=O) groups is 1. The summed E-state index contributed by atoms with van der Waals surface area (Å²) in [7, 11) is -3.39. The molecular formula is C11H19O4P. The first-order chi connectivity index (χ1) is 7.37. The molecule has 1 aliphatic rings. The average molecular weight is 246 g/mol. The third-order valence-corrected chi connectivity index (χ3v) is 4.72. The molecule has 5 heteroatoms. The van der Waals surface area contributed by atoms with Crippen molar-refractivity contribution in [3.63, 3.8) is 0 Å². The lowest BCUT2D eigenvalue weighted by atomic mass is 9.90. The third kappa shape index (κ3) is 2.45. The minimum absolute atomic E-state index is 0.127. The van der Waals surface area contributed by atoms with E-state index in [2.05, 4.69) is 0 Å². The Morgan fingerprint density at radius 3 is 2.12 bits per heavy atom. The molecule has 0 radical (unpaired) electrons. The normalized spacial score (nSPS) is 20.0. The first kappa shape index (κ1) is 13.6. The third-order valence-electron chi connectivity index (χ3n) is 2.55.